The van der Waals surface area contributed by atoms with E-state index in [0.717, 1.165) is 51.4 Å². The first-order valence-electron chi connectivity index (χ1n) is 10.2. The fourth-order valence-corrected chi connectivity index (χ4v) is 4.57. The largest absolute Gasteiger partial charge is 0.338 e. The minimum absolute atomic E-state index is 0.0756. The Kier molecular flexibility index (Phi) is 4.89. The third-order valence-corrected chi connectivity index (χ3v) is 6.36. The second-order valence-electron chi connectivity index (χ2n) is 8.46. The average molecular weight is 348 g/mol. The van der Waals surface area contributed by atoms with Crippen LogP contribution in [-0.4, -0.2) is 77.5 Å². The van der Waals surface area contributed by atoms with Crippen LogP contribution in [0.25, 0.3) is 0 Å². The van der Waals surface area contributed by atoms with E-state index in [1.54, 1.807) is 6.92 Å². The summed E-state index contributed by atoms with van der Waals surface area (Å²) in [4.78, 5) is 31.1. The van der Waals surface area contributed by atoms with Crippen LogP contribution in [0.2, 0.25) is 0 Å². The molecule has 1 N–H and O–H groups in total. The maximum absolute atomic E-state index is 12.7. The van der Waals surface area contributed by atoms with Crippen molar-refractivity contribution in [2.24, 2.45) is 5.92 Å². The van der Waals surface area contributed by atoms with Gasteiger partial charge in [0.25, 0.3) is 0 Å². The van der Waals surface area contributed by atoms with Gasteiger partial charge in [-0.05, 0) is 57.4 Å². The summed E-state index contributed by atoms with van der Waals surface area (Å²) in [6, 6.07) is 1.53. The third-order valence-electron chi connectivity index (χ3n) is 6.36. The first kappa shape index (κ1) is 17.1. The highest BCUT2D eigenvalue weighted by Crippen LogP contribution is 2.32. The number of likely N-dealkylation sites (tertiary alicyclic amines) is 2. The van der Waals surface area contributed by atoms with Gasteiger partial charge in [0, 0.05) is 45.2 Å². The normalized spacial score (nSPS) is 29.9. The summed E-state index contributed by atoms with van der Waals surface area (Å²) >= 11 is 0. The Hall–Kier alpha value is -1.30. The highest BCUT2D eigenvalue weighted by molar-refractivity contribution is 5.76. The Morgan fingerprint density at radius 3 is 2.56 bits per heavy atom. The number of rotatable bonds is 6. The monoisotopic (exact) mass is 348 g/mol. The third kappa shape index (κ3) is 4.10. The molecule has 6 heteroatoms. The van der Waals surface area contributed by atoms with E-state index in [9.17, 15) is 9.59 Å². The van der Waals surface area contributed by atoms with E-state index in [1.165, 1.54) is 25.8 Å². The molecule has 4 fully saturated rings. The Morgan fingerprint density at radius 2 is 1.88 bits per heavy atom. The Morgan fingerprint density at radius 1 is 1.08 bits per heavy atom. The van der Waals surface area contributed by atoms with Gasteiger partial charge in [-0.25, -0.2) is 4.79 Å². The van der Waals surface area contributed by atoms with Crippen molar-refractivity contribution >= 4 is 11.9 Å². The summed E-state index contributed by atoms with van der Waals surface area (Å²) in [7, 11) is 0. The van der Waals surface area contributed by atoms with Gasteiger partial charge in [0.2, 0.25) is 5.91 Å². The fourth-order valence-electron chi connectivity index (χ4n) is 4.57. The topological polar surface area (TPSA) is 55.9 Å². The maximum Gasteiger partial charge on any atom is 0.317 e. The van der Waals surface area contributed by atoms with Gasteiger partial charge in [0.1, 0.15) is 0 Å². The molecule has 3 amide bonds. The predicted octanol–water partition coefficient (Wildman–Crippen LogP) is 1.66. The zero-order valence-electron chi connectivity index (χ0n) is 15.5. The van der Waals surface area contributed by atoms with Crippen LogP contribution >= 0.6 is 0 Å². The summed E-state index contributed by atoms with van der Waals surface area (Å²) < 4.78 is 0. The molecule has 0 radical (unpaired) electrons. The number of amides is 3. The molecule has 2 saturated heterocycles. The number of carbonyl (C=O) groups excluding carboxylic acids is 2. The molecule has 0 bridgehead atoms. The molecule has 4 rings (SSSR count). The zero-order valence-corrected chi connectivity index (χ0v) is 15.5. The summed E-state index contributed by atoms with van der Waals surface area (Å²) in [6.45, 7) is 6.34. The summed E-state index contributed by atoms with van der Waals surface area (Å²) in [5.41, 5.74) is 0. The van der Waals surface area contributed by atoms with Crippen LogP contribution in [0.3, 0.4) is 0 Å². The lowest BCUT2D eigenvalue weighted by Gasteiger charge is -2.31. The molecule has 2 atom stereocenters. The van der Waals surface area contributed by atoms with Crippen LogP contribution in [0.4, 0.5) is 4.79 Å². The van der Waals surface area contributed by atoms with Gasteiger partial charge in [-0.2, -0.15) is 0 Å². The molecule has 140 valence electrons. The van der Waals surface area contributed by atoms with Crippen molar-refractivity contribution in [2.75, 3.05) is 32.7 Å². The SMILES string of the molecule is CC(=O)N(CC1CCCN1C(=O)NCC1CCN(C2CC2)C1)C1CC1. The summed E-state index contributed by atoms with van der Waals surface area (Å²) in [5, 5.41) is 3.18. The lowest BCUT2D eigenvalue weighted by atomic mass is 10.1. The molecule has 2 saturated carbocycles. The highest BCUT2D eigenvalue weighted by atomic mass is 16.2. The number of hydrogen-bond acceptors (Lipinski definition) is 3. The molecule has 0 aromatic rings. The molecular formula is C19H32N4O2. The van der Waals surface area contributed by atoms with E-state index in [-0.39, 0.29) is 18.0 Å². The minimum atomic E-state index is 0.0756. The van der Waals surface area contributed by atoms with Crippen LogP contribution in [-0.2, 0) is 4.79 Å². The molecule has 0 spiro atoms. The Labute approximate surface area is 150 Å². The van der Waals surface area contributed by atoms with Crippen LogP contribution in [0.15, 0.2) is 0 Å². The minimum Gasteiger partial charge on any atom is -0.338 e. The van der Waals surface area contributed by atoms with Gasteiger partial charge in [0.15, 0.2) is 0 Å². The molecular weight excluding hydrogens is 316 g/mol. The molecule has 2 aliphatic carbocycles. The van der Waals surface area contributed by atoms with E-state index in [2.05, 4.69) is 10.2 Å². The lowest BCUT2D eigenvalue weighted by molar-refractivity contribution is -0.130. The number of urea groups is 1. The average Bonchev–Trinajstić information content (AvgIpc) is 3.52. The fraction of sp³-hybridized carbons (Fsp3) is 0.895. The molecule has 2 unspecified atom stereocenters. The molecule has 25 heavy (non-hydrogen) atoms. The number of hydrogen-bond donors (Lipinski definition) is 1. The first-order chi connectivity index (χ1) is 12.1. The van der Waals surface area contributed by atoms with Crippen molar-refractivity contribution in [2.45, 2.75) is 70.0 Å². The maximum atomic E-state index is 12.7. The van der Waals surface area contributed by atoms with Crippen molar-refractivity contribution in [3.63, 3.8) is 0 Å². The number of nitrogens with zero attached hydrogens (tertiary/aromatic N) is 3. The van der Waals surface area contributed by atoms with Gasteiger partial charge in [-0.15, -0.1) is 0 Å². The zero-order chi connectivity index (χ0) is 17.4. The van der Waals surface area contributed by atoms with Gasteiger partial charge in [-0.1, -0.05) is 0 Å². The smallest absolute Gasteiger partial charge is 0.317 e. The highest BCUT2D eigenvalue weighted by Gasteiger charge is 2.37. The molecule has 0 aromatic heterocycles. The van der Waals surface area contributed by atoms with Crippen LogP contribution in [0, 0.1) is 5.92 Å². The molecule has 6 nitrogen and oxygen atoms in total. The van der Waals surface area contributed by atoms with Crippen LogP contribution < -0.4 is 5.32 Å². The van der Waals surface area contributed by atoms with E-state index in [0.29, 0.717) is 18.5 Å². The van der Waals surface area contributed by atoms with Crippen molar-refractivity contribution in [1.29, 1.82) is 0 Å². The van der Waals surface area contributed by atoms with E-state index < -0.39 is 0 Å². The second kappa shape index (κ2) is 7.14. The van der Waals surface area contributed by atoms with Crippen molar-refractivity contribution < 1.29 is 9.59 Å². The first-order valence-corrected chi connectivity index (χ1v) is 10.2. The summed E-state index contributed by atoms with van der Waals surface area (Å²) in [6.07, 6.45) is 8.25. The molecule has 2 heterocycles. The van der Waals surface area contributed by atoms with Crippen LogP contribution in [0.1, 0.15) is 51.9 Å². The Bertz CT molecular complexity index is 518. The van der Waals surface area contributed by atoms with Gasteiger partial charge in [0.05, 0.1) is 6.04 Å². The van der Waals surface area contributed by atoms with E-state index in [1.807, 2.05) is 9.80 Å². The Balaban J connectivity index is 1.25. The van der Waals surface area contributed by atoms with Gasteiger partial charge in [-0.3, -0.25) is 4.79 Å². The predicted molar refractivity (Wildman–Crippen MR) is 96.2 cm³/mol. The standard InChI is InChI=1S/C19H32N4O2/c1-14(24)23(17-6-7-17)13-18-3-2-9-22(18)19(25)20-11-15-8-10-21(12-15)16-4-5-16/h15-18H,2-13H2,1H3,(H,20,25). The molecule has 2 aliphatic heterocycles. The molecule has 0 aromatic carbocycles. The van der Waals surface area contributed by atoms with Crippen LogP contribution in [0.5, 0.6) is 0 Å². The summed E-state index contributed by atoms with van der Waals surface area (Å²) in [5.74, 6) is 0.756. The second-order valence-corrected chi connectivity index (χ2v) is 8.46. The quantitative estimate of drug-likeness (QED) is 0.794. The van der Waals surface area contributed by atoms with Crippen molar-refractivity contribution in [3.8, 4) is 0 Å². The molecule has 4 aliphatic rings. The van der Waals surface area contributed by atoms with Crippen molar-refractivity contribution in [1.82, 2.24) is 20.0 Å². The van der Waals surface area contributed by atoms with Gasteiger partial charge >= 0.3 is 6.03 Å². The number of carbonyl (C=O) groups is 2. The van der Waals surface area contributed by atoms with E-state index >= 15 is 0 Å². The van der Waals surface area contributed by atoms with Gasteiger partial charge < -0.3 is 20.0 Å². The lowest BCUT2D eigenvalue weighted by Crippen LogP contribution is -2.49. The number of nitrogens with one attached hydrogen (secondary N) is 1. The van der Waals surface area contributed by atoms with E-state index in [4.69, 9.17) is 0 Å². The van der Waals surface area contributed by atoms with Crippen molar-refractivity contribution in [3.05, 3.63) is 0 Å².